The minimum Gasteiger partial charge on any atom is -1.00 e. The second-order valence-electron chi connectivity index (χ2n) is 14.9. The summed E-state index contributed by atoms with van der Waals surface area (Å²) in [5.74, 6) is 0.556. The van der Waals surface area contributed by atoms with Crippen LogP contribution in [0, 0.1) is 12.0 Å². The molecule has 0 N–H and O–H groups in total. The van der Waals surface area contributed by atoms with Gasteiger partial charge >= 0.3 is 137 Å². The Morgan fingerprint density at radius 2 is 1.11 bits per heavy atom. The van der Waals surface area contributed by atoms with Gasteiger partial charge in [0.1, 0.15) is 0 Å². The number of hydrogen-bond acceptors (Lipinski definition) is 0. The third-order valence-electron chi connectivity index (χ3n) is 9.84. The van der Waals surface area contributed by atoms with E-state index in [-0.39, 0.29) is 46.8 Å². The second kappa shape index (κ2) is 16.0. The van der Waals surface area contributed by atoms with Crippen LogP contribution < -0.4 is 24.8 Å². The van der Waals surface area contributed by atoms with Gasteiger partial charge in [-0.2, -0.15) is 6.08 Å². The smallest absolute Gasteiger partial charge is 1.00 e. The molecule has 0 aliphatic heterocycles. The predicted octanol–water partition coefficient (Wildman–Crippen LogP) is 7.11. The van der Waals surface area contributed by atoms with E-state index in [4.69, 9.17) is 0 Å². The molecule has 0 spiro atoms. The first-order valence-electron chi connectivity index (χ1n) is 17.1. The molecule has 0 nitrogen and oxygen atoms in total. The van der Waals surface area contributed by atoms with E-state index in [0.29, 0.717) is 9.12 Å². The summed E-state index contributed by atoms with van der Waals surface area (Å²) in [4.78, 5) is 0. The molecule has 8 rings (SSSR count). The largest absolute Gasteiger partial charge is 1.00 e. The van der Waals surface area contributed by atoms with Crippen molar-refractivity contribution >= 4 is 36.9 Å². The van der Waals surface area contributed by atoms with E-state index >= 15 is 0 Å². The maximum Gasteiger partial charge on any atom is -1.00 e. The zero-order valence-corrected chi connectivity index (χ0v) is 34.5. The molecule has 0 amide bonds. The zero-order valence-electron chi connectivity index (χ0n) is 30.6. The number of rotatable bonds is 2. The Morgan fingerprint density at radius 1 is 0.685 bits per heavy atom. The average molecular weight is 855 g/mol. The van der Waals surface area contributed by atoms with Gasteiger partial charge in [-0.15, -0.1) is 46.7 Å². The maximum absolute atomic E-state index is 12.7. The summed E-state index contributed by atoms with van der Waals surface area (Å²) >= 11 is 0.729. The van der Waals surface area contributed by atoms with E-state index in [1.54, 1.807) is 0 Å². The summed E-state index contributed by atoms with van der Waals surface area (Å²) in [6.45, 7) is 13.4. The Balaban J connectivity index is 0.000000198. The third kappa shape index (κ3) is 9.18. The van der Waals surface area contributed by atoms with E-state index in [1.165, 1.54) is 73.6 Å². The maximum atomic E-state index is 12.7. The summed E-state index contributed by atoms with van der Waals surface area (Å²) in [7, 11) is 0. The van der Waals surface area contributed by atoms with Crippen molar-refractivity contribution in [2.45, 2.75) is 64.7 Å². The topological polar surface area (TPSA) is 0 Å². The summed E-state index contributed by atoms with van der Waals surface area (Å²) in [5.41, 5.74) is 6.21. The minimum atomic E-state index is -4.49. The van der Waals surface area contributed by atoms with Crippen molar-refractivity contribution in [1.82, 2.24) is 0 Å². The average Bonchev–Trinajstić information content (AvgIpc) is 3.81. The van der Waals surface area contributed by atoms with Gasteiger partial charge < -0.3 is 24.8 Å². The van der Waals surface area contributed by atoms with E-state index in [9.17, 15) is 26.3 Å². The molecule has 0 aromatic heterocycles. The first kappa shape index (κ1) is 43.4. The Bertz CT molecular complexity index is 2190. The summed E-state index contributed by atoms with van der Waals surface area (Å²) < 4.78 is 76.7. The molecule has 5 aromatic carbocycles. The third-order valence-corrected chi connectivity index (χ3v) is 11.3. The number of hydrogen-bond donors (Lipinski definition) is 0. The van der Waals surface area contributed by atoms with Gasteiger partial charge in [-0.05, 0) is 11.1 Å². The fraction of sp³-hybridized carbons (Fsp3) is 0.244. The van der Waals surface area contributed by atoms with Gasteiger partial charge in [-0.3, -0.25) is 6.08 Å². The Labute approximate surface area is 340 Å². The van der Waals surface area contributed by atoms with E-state index in [2.05, 4.69) is 108 Å². The number of alkyl halides is 6. The molecule has 0 radical (unpaired) electrons. The van der Waals surface area contributed by atoms with Gasteiger partial charge in [-0.1, -0.05) is 88.1 Å². The molecule has 0 saturated heterocycles. The Kier molecular flexibility index (Phi) is 12.8. The van der Waals surface area contributed by atoms with Gasteiger partial charge in [0.25, 0.3) is 0 Å². The molecule has 0 bridgehead atoms. The molecule has 3 aliphatic rings. The molecule has 1 atom stereocenters. The van der Waals surface area contributed by atoms with E-state index < -0.39 is 23.5 Å². The van der Waals surface area contributed by atoms with E-state index in [0.717, 1.165) is 48.5 Å². The number of allylic oxidation sites excluding steroid dienone is 6. The van der Waals surface area contributed by atoms with E-state index in [1.807, 2.05) is 6.08 Å². The van der Waals surface area contributed by atoms with Crippen molar-refractivity contribution in [2.24, 2.45) is 5.92 Å². The standard InChI is InChI=1S/C23H21.C15H8F6.C7H9.2ClH.Zr/c1-22(2)7-5-14-10-18-16(12-20(14)22)9-17-13-21-15(11-19(17)18)6-8-23(21,3)4;16-14(17,18)12-5-1-3-10(8-12)7-11-4-2-6-13(9-11)15(19,20)21;1-6-3-4-7(2)5-6;;;/h5-13H,1-4H3;1-6,8-9H;3,5,7H,1-2H3;2*1H;/q-1;;-1;;;+2/p-2. The van der Waals surface area contributed by atoms with Crippen LogP contribution in [0.2, 0.25) is 0 Å². The number of benzene rings is 4. The fourth-order valence-corrected chi connectivity index (χ4v) is 7.69. The zero-order chi connectivity index (χ0) is 37.8. The molecule has 54 heavy (non-hydrogen) atoms. The Hall–Kier alpha value is -3.38. The molecular weight excluding hydrogens is 817 g/mol. The first-order chi connectivity index (χ1) is 24.2. The first-order valence-corrected chi connectivity index (χ1v) is 18.3. The fourth-order valence-electron chi connectivity index (χ4n) is 6.93. The van der Waals surface area contributed by atoms with Crippen LogP contribution in [0.4, 0.5) is 26.3 Å². The van der Waals surface area contributed by atoms with Gasteiger partial charge in [-0.25, -0.2) is 11.6 Å². The van der Waals surface area contributed by atoms with Crippen molar-refractivity contribution in [2.75, 3.05) is 0 Å². The SMILES string of the molecule is CC1(C)C=Cc2cc3c(cc21)[cH-]c1cc2c(cc13)C=CC2(C)C.CC1=CC(C)[C-]=C1.FC(F)(F)c1cccc([C](=[Zr+2])c2cccc(C(F)(F)F)c2)c1.[Cl-].[Cl-]. The molecule has 9 heteroatoms. The predicted molar refractivity (Wildman–Crippen MR) is 198 cm³/mol. The molecule has 5 aromatic rings. The van der Waals surface area contributed by atoms with Gasteiger partial charge in [0, 0.05) is 10.8 Å². The molecule has 0 heterocycles. The van der Waals surface area contributed by atoms with Gasteiger partial charge in [0.05, 0.1) is 0 Å². The quantitative estimate of drug-likeness (QED) is 0.131. The van der Waals surface area contributed by atoms with Crippen LogP contribution in [0.5, 0.6) is 0 Å². The van der Waals surface area contributed by atoms with Crippen LogP contribution >= 0.6 is 0 Å². The van der Waals surface area contributed by atoms with Crippen molar-refractivity contribution < 1.29 is 75.4 Å². The molecule has 3 aliphatic carbocycles. The monoisotopic (exact) mass is 852 g/mol. The van der Waals surface area contributed by atoms with Crippen LogP contribution in [-0.2, 0) is 47.4 Å². The molecule has 0 fully saturated rings. The van der Waals surface area contributed by atoms with Crippen molar-refractivity contribution in [3.8, 4) is 0 Å². The number of fused-ring (bicyclic) bond motifs is 5. The molecule has 1 unspecified atom stereocenters. The second-order valence-corrected chi connectivity index (χ2v) is 16.1. The van der Waals surface area contributed by atoms with Crippen molar-refractivity contribution in [3.05, 3.63) is 159 Å². The summed E-state index contributed by atoms with van der Waals surface area (Å²) in [6, 6.07) is 21.1. The van der Waals surface area contributed by atoms with Crippen LogP contribution in [0.3, 0.4) is 0 Å². The normalized spacial score (nSPS) is 17.1. The molecule has 280 valence electrons. The Morgan fingerprint density at radius 3 is 1.44 bits per heavy atom. The van der Waals surface area contributed by atoms with Crippen molar-refractivity contribution in [3.63, 3.8) is 0 Å². The van der Waals surface area contributed by atoms with Crippen LogP contribution in [-0.4, -0.2) is 3.21 Å². The van der Waals surface area contributed by atoms with Gasteiger partial charge in [0.15, 0.2) is 0 Å². The molecule has 0 saturated carbocycles. The van der Waals surface area contributed by atoms with Crippen LogP contribution in [0.15, 0.2) is 109 Å². The summed E-state index contributed by atoms with van der Waals surface area (Å²) in [6.07, 6.45) is 7.61. The van der Waals surface area contributed by atoms with Crippen LogP contribution in [0.1, 0.15) is 86.1 Å². The van der Waals surface area contributed by atoms with Gasteiger partial charge in [0.2, 0.25) is 0 Å². The minimum absolute atomic E-state index is 0. The van der Waals surface area contributed by atoms with Crippen LogP contribution in [0.25, 0.3) is 33.7 Å². The van der Waals surface area contributed by atoms with Crippen molar-refractivity contribution in [1.29, 1.82) is 0 Å². The number of halogens is 8. The summed E-state index contributed by atoms with van der Waals surface area (Å²) in [5, 5.41) is 5.53. The molecular formula is C45H38Cl2F6Zr-2.